The zero-order valence-electron chi connectivity index (χ0n) is 8.15. The summed E-state index contributed by atoms with van der Waals surface area (Å²) in [4.78, 5) is 1.93. The van der Waals surface area contributed by atoms with Crippen LogP contribution in [0.3, 0.4) is 0 Å². The summed E-state index contributed by atoms with van der Waals surface area (Å²) in [5.74, 6) is 2.65. The number of piperidine rings is 1. The Morgan fingerprint density at radius 1 is 1.31 bits per heavy atom. The topological polar surface area (TPSA) is 23.5 Å². The highest BCUT2D eigenvalue weighted by atomic mass is 16.3. The number of nitrogens with zero attached hydrogens (tertiary/aromatic N) is 1. The number of hydrogen-bond donors (Lipinski definition) is 1. The van der Waals surface area contributed by atoms with Crippen LogP contribution < -0.4 is 0 Å². The normalized spacial score (nSPS) is 36.4. The minimum absolute atomic E-state index is 0.372. The molecule has 1 saturated carbocycles. The molecule has 1 N–H and O–H groups in total. The van der Waals surface area contributed by atoms with Gasteiger partial charge in [0.05, 0.1) is 0 Å². The van der Waals surface area contributed by atoms with E-state index in [1.165, 1.54) is 19.3 Å². The van der Waals surface area contributed by atoms with Gasteiger partial charge in [0.2, 0.25) is 0 Å². The molecule has 2 nitrogen and oxygen atoms in total. The number of rotatable bonds is 3. The Morgan fingerprint density at radius 3 is 2.62 bits per heavy atom. The van der Waals surface area contributed by atoms with Gasteiger partial charge >= 0.3 is 0 Å². The zero-order valence-corrected chi connectivity index (χ0v) is 8.15. The number of hydrogen-bond acceptors (Lipinski definition) is 2. The molecular formula is C10H18BNO. The van der Waals surface area contributed by atoms with Gasteiger partial charge in [-0.25, -0.2) is 0 Å². The molecule has 2 radical (unpaired) electrons. The molecule has 0 bridgehead atoms. The first-order valence-corrected chi connectivity index (χ1v) is 5.41. The van der Waals surface area contributed by atoms with Crippen molar-refractivity contribution in [2.75, 3.05) is 19.7 Å². The van der Waals surface area contributed by atoms with Gasteiger partial charge in [-0.15, -0.1) is 0 Å². The summed E-state index contributed by atoms with van der Waals surface area (Å²) in [5.41, 5.74) is 0. The Bertz CT molecular complexity index is 168. The minimum Gasteiger partial charge on any atom is -0.396 e. The SMILES string of the molecule is [B]N1CCC([C@H]2C[C@H]2CCO)CC1. The van der Waals surface area contributed by atoms with Crippen LogP contribution >= 0.6 is 0 Å². The van der Waals surface area contributed by atoms with Gasteiger partial charge in [0, 0.05) is 6.61 Å². The first-order valence-electron chi connectivity index (χ1n) is 5.41. The molecule has 2 rings (SSSR count). The van der Waals surface area contributed by atoms with Crippen LogP contribution in [0.5, 0.6) is 0 Å². The Kier molecular flexibility index (Phi) is 2.94. The third-order valence-electron chi connectivity index (χ3n) is 3.66. The van der Waals surface area contributed by atoms with Gasteiger partial charge in [0.15, 0.2) is 7.98 Å². The summed E-state index contributed by atoms with van der Waals surface area (Å²) in [5, 5.41) is 8.81. The summed E-state index contributed by atoms with van der Waals surface area (Å²) in [6.45, 7) is 2.50. The summed E-state index contributed by atoms with van der Waals surface area (Å²) >= 11 is 0. The highest BCUT2D eigenvalue weighted by Crippen LogP contribution is 2.49. The first-order chi connectivity index (χ1) is 6.31. The van der Waals surface area contributed by atoms with Crippen LogP contribution in [0.15, 0.2) is 0 Å². The van der Waals surface area contributed by atoms with E-state index in [0.717, 1.165) is 37.3 Å². The van der Waals surface area contributed by atoms with E-state index in [1.54, 1.807) is 0 Å². The zero-order chi connectivity index (χ0) is 9.26. The van der Waals surface area contributed by atoms with Crippen molar-refractivity contribution in [1.82, 2.24) is 4.81 Å². The largest absolute Gasteiger partial charge is 0.396 e. The van der Waals surface area contributed by atoms with Crippen LogP contribution in [0.25, 0.3) is 0 Å². The van der Waals surface area contributed by atoms with Crippen LogP contribution in [-0.4, -0.2) is 37.6 Å². The lowest BCUT2D eigenvalue weighted by atomic mass is 9.89. The van der Waals surface area contributed by atoms with E-state index in [9.17, 15) is 0 Å². The Labute approximate surface area is 81.7 Å². The van der Waals surface area contributed by atoms with E-state index in [2.05, 4.69) is 0 Å². The van der Waals surface area contributed by atoms with Gasteiger partial charge in [-0.2, -0.15) is 0 Å². The quantitative estimate of drug-likeness (QED) is 0.647. The van der Waals surface area contributed by atoms with E-state index < -0.39 is 0 Å². The molecule has 0 aromatic heterocycles. The molecule has 1 saturated heterocycles. The van der Waals surface area contributed by atoms with Crippen molar-refractivity contribution in [3.8, 4) is 0 Å². The fourth-order valence-electron chi connectivity index (χ4n) is 2.69. The van der Waals surface area contributed by atoms with Crippen molar-refractivity contribution in [3.05, 3.63) is 0 Å². The van der Waals surface area contributed by atoms with Crippen molar-refractivity contribution in [2.45, 2.75) is 25.7 Å². The van der Waals surface area contributed by atoms with Crippen LogP contribution in [0.4, 0.5) is 0 Å². The van der Waals surface area contributed by atoms with Crippen LogP contribution in [0, 0.1) is 17.8 Å². The number of aliphatic hydroxyl groups is 1. The first kappa shape index (κ1) is 9.54. The van der Waals surface area contributed by atoms with E-state index in [-0.39, 0.29) is 0 Å². The average molecular weight is 179 g/mol. The molecule has 0 amide bonds. The van der Waals surface area contributed by atoms with Gasteiger partial charge in [0.25, 0.3) is 0 Å². The molecule has 2 fully saturated rings. The number of aliphatic hydroxyl groups excluding tert-OH is 1. The van der Waals surface area contributed by atoms with Gasteiger partial charge < -0.3 is 9.92 Å². The molecule has 1 aliphatic heterocycles. The second kappa shape index (κ2) is 4.01. The lowest BCUT2D eigenvalue weighted by Gasteiger charge is -2.29. The Hall–Kier alpha value is -0.0151. The van der Waals surface area contributed by atoms with E-state index in [1.807, 2.05) is 4.81 Å². The second-order valence-electron chi connectivity index (χ2n) is 4.55. The smallest absolute Gasteiger partial charge is 0.182 e. The molecule has 72 valence electrons. The Morgan fingerprint density at radius 2 is 2.00 bits per heavy atom. The van der Waals surface area contributed by atoms with E-state index in [4.69, 9.17) is 13.1 Å². The highest BCUT2D eigenvalue weighted by molar-refractivity contribution is 6.04. The lowest BCUT2D eigenvalue weighted by molar-refractivity contribution is 0.237. The molecule has 0 spiro atoms. The predicted molar refractivity (Wildman–Crippen MR) is 53.4 cm³/mol. The molecule has 0 unspecified atom stereocenters. The molecule has 0 aromatic rings. The standard InChI is InChI=1S/C10H18BNO/c11-12-4-1-8(2-5-12)10-7-9(10)3-6-13/h8-10,13H,1-7H2/t9-,10-/m1/s1. The highest BCUT2D eigenvalue weighted by Gasteiger charge is 2.42. The molecule has 2 aliphatic rings. The molecule has 1 heterocycles. The minimum atomic E-state index is 0.372. The van der Waals surface area contributed by atoms with Gasteiger partial charge in [0.1, 0.15) is 0 Å². The molecule has 3 heteroatoms. The van der Waals surface area contributed by atoms with Crippen molar-refractivity contribution in [2.24, 2.45) is 17.8 Å². The van der Waals surface area contributed by atoms with Gasteiger partial charge in [-0.05, 0) is 56.5 Å². The van der Waals surface area contributed by atoms with Crippen molar-refractivity contribution < 1.29 is 5.11 Å². The third-order valence-corrected chi connectivity index (χ3v) is 3.66. The monoisotopic (exact) mass is 179 g/mol. The van der Waals surface area contributed by atoms with Crippen LogP contribution in [0.2, 0.25) is 0 Å². The Balaban J connectivity index is 1.71. The fraction of sp³-hybridized carbons (Fsp3) is 1.00. The maximum Gasteiger partial charge on any atom is 0.182 e. The van der Waals surface area contributed by atoms with E-state index in [0.29, 0.717) is 6.61 Å². The van der Waals surface area contributed by atoms with Crippen LogP contribution in [-0.2, 0) is 0 Å². The lowest BCUT2D eigenvalue weighted by Crippen LogP contribution is -2.32. The summed E-state index contributed by atoms with van der Waals surface area (Å²) < 4.78 is 0. The maximum absolute atomic E-state index is 8.81. The second-order valence-corrected chi connectivity index (χ2v) is 4.55. The van der Waals surface area contributed by atoms with Gasteiger partial charge in [-0.3, -0.25) is 0 Å². The molecule has 13 heavy (non-hydrogen) atoms. The molecule has 2 atom stereocenters. The fourth-order valence-corrected chi connectivity index (χ4v) is 2.69. The summed E-state index contributed by atoms with van der Waals surface area (Å²) in [6, 6.07) is 0. The molecule has 0 aromatic carbocycles. The van der Waals surface area contributed by atoms with E-state index >= 15 is 0 Å². The molecule has 1 aliphatic carbocycles. The summed E-state index contributed by atoms with van der Waals surface area (Å²) in [7, 11) is 5.70. The van der Waals surface area contributed by atoms with Crippen molar-refractivity contribution >= 4 is 7.98 Å². The predicted octanol–water partition coefficient (Wildman–Crippen LogP) is 0.800. The maximum atomic E-state index is 8.81. The summed E-state index contributed by atoms with van der Waals surface area (Å²) in [6.07, 6.45) is 4.91. The molecular weight excluding hydrogens is 161 g/mol. The average Bonchev–Trinajstić information content (AvgIpc) is 2.86. The van der Waals surface area contributed by atoms with Crippen LogP contribution in [0.1, 0.15) is 25.7 Å². The van der Waals surface area contributed by atoms with Crippen molar-refractivity contribution in [1.29, 1.82) is 0 Å². The third kappa shape index (κ3) is 2.26. The van der Waals surface area contributed by atoms with Gasteiger partial charge in [-0.1, -0.05) is 0 Å². The van der Waals surface area contributed by atoms with Crippen molar-refractivity contribution in [3.63, 3.8) is 0 Å².